The molecule has 2 N–H and O–H groups in total. The molecule has 3 rings (SSSR count). The van der Waals surface area contributed by atoms with Crippen LogP contribution in [0.15, 0.2) is 66.7 Å². The standard InChI is InChI=1S/C27H30N2O3/c1-18(2)15-16-32-25-12-8-6-10-23(25)27(31)29-24-11-7-5-9-22(24)26(30)28-21-14-13-19(3)20(4)17-21/h5-14,17-18H,15-16H2,1-4H3,(H,28,30)(H,29,31). The van der Waals surface area contributed by atoms with E-state index in [0.717, 1.165) is 17.5 Å². The number of benzene rings is 3. The van der Waals surface area contributed by atoms with Crippen molar-refractivity contribution in [3.8, 4) is 5.75 Å². The average molecular weight is 431 g/mol. The van der Waals surface area contributed by atoms with E-state index in [1.54, 1.807) is 42.5 Å². The summed E-state index contributed by atoms with van der Waals surface area (Å²) < 4.78 is 5.84. The van der Waals surface area contributed by atoms with Gasteiger partial charge in [0.1, 0.15) is 5.75 Å². The summed E-state index contributed by atoms with van der Waals surface area (Å²) in [5.41, 5.74) is 4.22. The van der Waals surface area contributed by atoms with Crippen molar-refractivity contribution < 1.29 is 14.3 Å². The normalized spacial score (nSPS) is 10.7. The van der Waals surface area contributed by atoms with Crippen LogP contribution in [0.2, 0.25) is 0 Å². The summed E-state index contributed by atoms with van der Waals surface area (Å²) >= 11 is 0. The Kier molecular flexibility index (Phi) is 7.66. The van der Waals surface area contributed by atoms with Crippen molar-refractivity contribution in [1.82, 2.24) is 0 Å². The summed E-state index contributed by atoms with van der Waals surface area (Å²) in [6.45, 7) is 8.82. The SMILES string of the molecule is Cc1ccc(NC(=O)c2ccccc2NC(=O)c2ccccc2OCCC(C)C)cc1C. The number of ether oxygens (including phenoxy) is 1. The topological polar surface area (TPSA) is 67.4 Å². The van der Waals surface area contributed by atoms with Crippen LogP contribution in [0.5, 0.6) is 5.75 Å². The highest BCUT2D eigenvalue weighted by Crippen LogP contribution is 2.23. The molecule has 0 saturated heterocycles. The fourth-order valence-electron chi connectivity index (χ4n) is 3.18. The van der Waals surface area contributed by atoms with Crippen LogP contribution in [0, 0.1) is 19.8 Å². The molecular weight excluding hydrogens is 400 g/mol. The van der Waals surface area contributed by atoms with Crippen LogP contribution in [0.25, 0.3) is 0 Å². The van der Waals surface area contributed by atoms with Crippen LogP contribution in [0.4, 0.5) is 11.4 Å². The van der Waals surface area contributed by atoms with Gasteiger partial charge in [-0.25, -0.2) is 0 Å². The summed E-state index contributed by atoms with van der Waals surface area (Å²) in [4.78, 5) is 26.0. The minimum absolute atomic E-state index is 0.286. The number of para-hydroxylation sites is 2. The first-order valence-corrected chi connectivity index (χ1v) is 10.9. The van der Waals surface area contributed by atoms with Crippen LogP contribution in [0.3, 0.4) is 0 Å². The highest BCUT2D eigenvalue weighted by molar-refractivity contribution is 6.13. The van der Waals surface area contributed by atoms with E-state index in [-0.39, 0.29) is 11.8 Å². The molecule has 0 aliphatic heterocycles. The third kappa shape index (κ3) is 5.97. The van der Waals surface area contributed by atoms with Crippen molar-refractivity contribution in [2.75, 3.05) is 17.2 Å². The molecule has 3 aromatic rings. The minimum atomic E-state index is -0.323. The van der Waals surface area contributed by atoms with Gasteiger partial charge in [0, 0.05) is 5.69 Å². The molecule has 5 nitrogen and oxygen atoms in total. The molecule has 0 atom stereocenters. The Labute approximate surface area is 189 Å². The molecule has 0 bridgehead atoms. The van der Waals surface area contributed by atoms with Crippen molar-refractivity contribution in [3.63, 3.8) is 0 Å². The van der Waals surface area contributed by atoms with Crippen molar-refractivity contribution in [2.24, 2.45) is 5.92 Å². The highest BCUT2D eigenvalue weighted by atomic mass is 16.5. The zero-order valence-electron chi connectivity index (χ0n) is 19.1. The Bertz CT molecular complexity index is 1110. The summed E-state index contributed by atoms with van der Waals surface area (Å²) in [5.74, 6) is 0.434. The number of carbonyl (C=O) groups is 2. The molecule has 0 aromatic heterocycles. The second-order valence-corrected chi connectivity index (χ2v) is 8.28. The predicted octanol–water partition coefficient (Wildman–Crippen LogP) is 6.23. The highest BCUT2D eigenvalue weighted by Gasteiger charge is 2.17. The molecule has 166 valence electrons. The van der Waals surface area contributed by atoms with E-state index in [1.807, 2.05) is 38.1 Å². The minimum Gasteiger partial charge on any atom is -0.493 e. The van der Waals surface area contributed by atoms with Gasteiger partial charge in [-0.2, -0.15) is 0 Å². The maximum Gasteiger partial charge on any atom is 0.259 e. The quantitative estimate of drug-likeness (QED) is 0.445. The second-order valence-electron chi connectivity index (χ2n) is 8.28. The van der Waals surface area contributed by atoms with Crippen LogP contribution in [0.1, 0.15) is 52.1 Å². The van der Waals surface area contributed by atoms with Crippen LogP contribution in [-0.4, -0.2) is 18.4 Å². The van der Waals surface area contributed by atoms with E-state index < -0.39 is 0 Å². The molecular formula is C27H30N2O3. The van der Waals surface area contributed by atoms with Crippen molar-refractivity contribution in [1.29, 1.82) is 0 Å². The first-order valence-electron chi connectivity index (χ1n) is 10.9. The van der Waals surface area contributed by atoms with Gasteiger partial charge in [0.25, 0.3) is 11.8 Å². The predicted molar refractivity (Wildman–Crippen MR) is 130 cm³/mol. The molecule has 32 heavy (non-hydrogen) atoms. The zero-order valence-corrected chi connectivity index (χ0v) is 19.1. The number of aryl methyl sites for hydroxylation is 2. The Morgan fingerprint density at radius 1 is 0.812 bits per heavy atom. The van der Waals surface area contributed by atoms with Crippen molar-refractivity contribution in [3.05, 3.63) is 89.0 Å². The van der Waals surface area contributed by atoms with Gasteiger partial charge in [0.2, 0.25) is 0 Å². The van der Waals surface area contributed by atoms with E-state index in [4.69, 9.17) is 4.74 Å². The van der Waals surface area contributed by atoms with Crippen molar-refractivity contribution >= 4 is 23.2 Å². The fourth-order valence-corrected chi connectivity index (χ4v) is 3.18. The molecule has 0 saturated carbocycles. The lowest BCUT2D eigenvalue weighted by Gasteiger charge is -2.14. The Hall–Kier alpha value is -3.60. The second kappa shape index (κ2) is 10.6. The monoisotopic (exact) mass is 430 g/mol. The van der Waals surface area contributed by atoms with Gasteiger partial charge in [-0.1, -0.05) is 44.2 Å². The Morgan fingerprint density at radius 2 is 1.47 bits per heavy atom. The molecule has 3 aromatic carbocycles. The van der Waals surface area contributed by atoms with Crippen LogP contribution in [-0.2, 0) is 0 Å². The number of amides is 2. The largest absolute Gasteiger partial charge is 0.493 e. The third-order valence-corrected chi connectivity index (χ3v) is 5.27. The van der Waals surface area contributed by atoms with Gasteiger partial charge in [-0.15, -0.1) is 0 Å². The van der Waals surface area contributed by atoms with E-state index in [2.05, 4.69) is 24.5 Å². The van der Waals surface area contributed by atoms with Crippen molar-refractivity contribution in [2.45, 2.75) is 34.1 Å². The number of hydrogen-bond donors (Lipinski definition) is 2. The lowest BCUT2D eigenvalue weighted by atomic mass is 10.1. The molecule has 0 spiro atoms. The number of anilines is 2. The summed E-state index contributed by atoms with van der Waals surface area (Å²) in [6.07, 6.45) is 0.900. The average Bonchev–Trinajstić information content (AvgIpc) is 2.76. The summed E-state index contributed by atoms with van der Waals surface area (Å²) in [5, 5.41) is 5.79. The molecule has 0 aliphatic rings. The van der Waals surface area contributed by atoms with Gasteiger partial charge in [0.15, 0.2) is 0 Å². The van der Waals surface area contributed by atoms with E-state index >= 15 is 0 Å². The summed E-state index contributed by atoms with van der Waals surface area (Å²) in [7, 11) is 0. The molecule has 0 unspecified atom stereocenters. The van der Waals surface area contributed by atoms with E-state index in [1.165, 1.54) is 0 Å². The number of carbonyl (C=O) groups excluding carboxylic acids is 2. The summed E-state index contributed by atoms with van der Waals surface area (Å²) in [6, 6.07) is 19.9. The molecule has 5 heteroatoms. The van der Waals surface area contributed by atoms with Gasteiger partial charge in [-0.05, 0) is 73.7 Å². The van der Waals surface area contributed by atoms with Gasteiger partial charge in [-0.3, -0.25) is 9.59 Å². The smallest absolute Gasteiger partial charge is 0.259 e. The molecule has 0 radical (unpaired) electrons. The molecule has 0 fully saturated rings. The van der Waals surface area contributed by atoms with Gasteiger partial charge < -0.3 is 15.4 Å². The molecule has 2 amide bonds. The lowest BCUT2D eigenvalue weighted by molar-refractivity contribution is 0.102. The fraction of sp³-hybridized carbons (Fsp3) is 0.259. The maximum absolute atomic E-state index is 13.0. The van der Waals surface area contributed by atoms with Crippen LogP contribution >= 0.6 is 0 Å². The van der Waals surface area contributed by atoms with E-state index in [0.29, 0.717) is 40.8 Å². The van der Waals surface area contributed by atoms with E-state index in [9.17, 15) is 9.59 Å². The molecule has 0 aliphatic carbocycles. The first-order chi connectivity index (χ1) is 15.3. The van der Waals surface area contributed by atoms with Crippen LogP contribution < -0.4 is 15.4 Å². The Morgan fingerprint density at radius 3 is 2.19 bits per heavy atom. The maximum atomic E-state index is 13.0. The number of nitrogens with one attached hydrogen (secondary N) is 2. The lowest BCUT2D eigenvalue weighted by Crippen LogP contribution is -2.19. The molecule has 0 heterocycles. The van der Waals surface area contributed by atoms with Gasteiger partial charge in [0.05, 0.1) is 23.4 Å². The number of hydrogen-bond acceptors (Lipinski definition) is 3. The Balaban J connectivity index is 1.77. The van der Waals surface area contributed by atoms with Gasteiger partial charge >= 0.3 is 0 Å². The zero-order chi connectivity index (χ0) is 23.1. The first kappa shape index (κ1) is 23.1. The number of rotatable bonds is 8. The third-order valence-electron chi connectivity index (χ3n) is 5.27.